The number of Topliss-reactive ketones (excluding diaryl/α,β-unsaturated/α-hetero) is 1. The first kappa shape index (κ1) is 20.9. The first-order valence-corrected chi connectivity index (χ1v) is 9.55. The maximum atomic E-state index is 12.8. The van der Waals surface area contributed by atoms with Gasteiger partial charge in [0.2, 0.25) is 5.91 Å². The van der Waals surface area contributed by atoms with Crippen LogP contribution in [-0.2, 0) is 9.59 Å². The Morgan fingerprint density at radius 2 is 2.07 bits per heavy atom. The molecule has 2 amide bonds. The number of rotatable bonds is 8. The van der Waals surface area contributed by atoms with Gasteiger partial charge >= 0.3 is 0 Å². The topological polar surface area (TPSA) is 96.6 Å². The molecule has 1 aromatic rings. The van der Waals surface area contributed by atoms with Crippen molar-refractivity contribution in [3.8, 4) is 0 Å². The van der Waals surface area contributed by atoms with Gasteiger partial charge in [-0.25, -0.2) is 4.98 Å². The van der Waals surface area contributed by atoms with E-state index in [0.29, 0.717) is 43.4 Å². The van der Waals surface area contributed by atoms with E-state index in [9.17, 15) is 14.4 Å². The molecule has 27 heavy (non-hydrogen) atoms. The highest BCUT2D eigenvalue weighted by Crippen LogP contribution is 2.22. The lowest BCUT2D eigenvalue weighted by Gasteiger charge is -2.32. The van der Waals surface area contributed by atoms with Gasteiger partial charge in [-0.1, -0.05) is 13.8 Å². The molecule has 7 nitrogen and oxygen atoms in total. The Morgan fingerprint density at radius 1 is 1.33 bits per heavy atom. The molecule has 1 aliphatic rings. The van der Waals surface area contributed by atoms with E-state index in [2.05, 4.69) is 4.98 Å². The third kappa shape index (κ3) is 6.05. The van der Waals surface area contributed by atoms with Crippen molar-refractivity contribution in [3.05, 3.63) is 23.9 Å². The normalized spacial score (nSPS) is 17.0. The molecule has 0 spiro atoms. The summed E-state index contributed by atoms with van der Waals surface area (Å²) in [6.07, 6.45) is 4.08. The van der Waals surface area contributed by atoms with Gasteiger partial charge in [0.1, 0.15) is 11.6 Å². The fourth-order valence-corrected chi connectivity index (χ4v) is 3.31. The van der Waals surface area contributed by atoms with Crippen molar-refractivity contribution in [2.24, 2.45) is 17.6 Å². The van der Waals surface area contributed by atoms with Crippen molar-refractivity contribution < 1.29 is 14.4 Å². The van der Waals surface area contributed by atoms with Gasteiger partial charge in [0, 0.05) is 51.6 Å². The minimum Gasteiger partial charge on any atom is -0.370 e. The predicted molar refractivity (Wildman–Crippen MR) is 104 cm³/mol. The maximum Gasteiger partial charge on any atom is 0.255 e. The van der Waals surface area contributed by atoms with E-state index in [1.807, 2.05) is 25.8 Å². The van der Waals surface area contributed by atoms with E-state index in [0.717, 1.165) is 12.8 Å². The summed E-state index contributed by atoms with van der Waals surface area (Å²) < 4.78 is 0. The lowest BCUT2D eigenvalue weighted by atomic mass is 9.89. The summed E-state index contributed by atoms with van der Waals surface area (Å²) in [6.45, 7) is 5.71. The zero-order valence-corrected chi connectivity index (χ0v) is 16.5. The van der Waals surface area contributed by atoms with Gasteiger partial charge in [-0.2, -0.15) is 0 Å². The monoisotopic (exact) mass is 374 g/mol. The van der Waals surface area contributed by atoms with Crippen LogP contribution in [-0.4, -0.2) is 54.2 Å². The molecule has 0 aromatic carbocycles. The fraction of sp³-hybridized carbons (Fsp3) is 0.600. The molecule has 0 aliphatic carbocycles. The second kappa shape index (κ2) is 9.48. The van der Waals surface area contributed by atoms with E-state index >= 15 is 0 Å². The number of ketones is 1. The summed E-state index contributed by atoms with van der Waals surface area (Å²) in [5.74, 6) is 0.767. The third-order valence-electron chi connectivity index (χ3n) is 4.85. The van der Waals surface area contributed by atoms with Gasteiger partial charge in [-0.15, -0.1) is 0 Å². The van der Waals surface area contributed by atoms with Gasteiger partial charge < -0.3 is 15.5 Å². The highest BCUT2D eigenvalue weighted by molar-refractivity contribution is 5.94. The number of anilines is 1. The van der Waals surface area contributed by atoms with Crippen molar-refractivity contribution in [2.75, 3.05) is 31.6 Å². The lowest BCUT2D eigenvalue weighted by molar-refractivity contribution is -0.125. The van der Waals surface area contributed by atoms with E-state index in [-0.39, 0.29) is 29.9 Å². The highest BCUT2D eigenvalue weighted by Gasteiger charge is 2.29. The number of piperidine rings is 1. The number of likely N-dealkylation sites (tertiary alicyclic amines) is 1. The molecule has 2 heterocycles. The second-order valence-electron chi connectivity index (χ2n) is 7.70. The summed E-state index contributed by atoms with van der Waals surface area (Å²) in [5.41, 5.74) is 5.68. The van der Waals surface area contributed by atoms with Crippen molar-refractivity contribution in [3.63, 3.8) is 0 Å². The number of hydrogen-bond donors (Lipinski definition) is 1. The molecule has 148 valence electrons. The Morgan fingerprint density at radius 3 is 2.67 bits per heavy atom. The Balaban J connectivity index is 1.98. The quantitative estimate of drug-likeness (QED) is 0.749. The Kier molecular flexibility index (Phi) is 7.33. The van der Waals surface area contributed by atoms with Crippen LogP contribution in [0.3, 0.4) is 0 Å². The number of nitrogens with two attached hydrogens (primary N) is 1. The molecule has 1 aromatic heterocycles. The molecular formula is C20H30N4O3. The van der Waals surface area contributed by atoms with E-state index < -0.39 is 0 Å². The number of primary amides is 1. The maximum absolute atomic E-state index is 12.8. The average Bonchev–Trinajstić information content (AvgIpc) is 2.65. The minimum absolute atomic E-state index is 0.0581. The number of carbonyl (C=O) groups excluding carboxylic acids is 3. The third-order valence-corrected chi connectivity index (χ3v) is 4.85. The fourth-order valence-electron chi connectivity index (χ4n) is 3.31. The first-order valence-electron chi connectivity index (χ1n) is 9.55. The Bertz CT molecular complexity index is 672. The van der Waals surface area contributed by atoms with Crippen LogP contribution in [0.2, 0.25) is 0 Å². The van der Waals surface area contributed by atoms with Crippen LogP contribution in [0.25, 0.3) is 0 Å². The molecular weight excluding hydrogens is 344 g/mol. The summed E-state index contributed by atoms with van der Waals surface area (Å²) >= 11 is 0. The number of hydrogen-bond acceptors (Lipinski definition) is 5. The molecule has 0 radical (unpaired) electrons. The molecule has 1 unspecified atom stereocenters. The largest absolute Gasteiger partial charge is 0.370 e. The highest BCUT2D eigenvalue weighted by atomic mass is 16.2. The number of amides is 2. The summed E-state index contributed by atoms with van der Waals surface area (Å²) in [5, 5.41) is 0. The van der Waals surface area contributed by atoms with E-state index in [1.54, 1.807) is 23.2 Å². The van der Waals surface area contributed by atoms with Crippen molar-refractivity contribution in [1.29, 1.82) is 0 Å². The van der Waals surface area contributed by atoms with Crippen molar-refractivity contribution in [2.45, 2.75) is 39.5 Å². The summed E-state index contributed by atoms with van der Waals surface area (Å²) in [4.78, 5) is 43.9. The van der Waals surface area contributed by atoms with Crippen LogP contribution in [0.4, 0.5) is 5.82 Å². The van der Waals surface area contributed by atoms with Crippen molar-refractivity contribution in [1.82, 2.24) is 9.88 Å². The SMILES string of the molecule is CC(C)CC(=O)C1CCCN(C(=O)c2ccc(N(C)CCC(N)=O)nc2)C1. The zero-order valence-electron chi connectivity index (χ0n) is 16.5. The molecule has 1 atom stereocenters. The van der Waals surface area contributed by atoms with Crippen molar-refractivity contribution >= 4 is 23.4 Å². The average molecular weight is 374 g/mol. The molecule has 1 saturated heterocycles. The predicted octanol–water partition coefficient (Wildman–Crippen LogP) is 1.86. The standard InChI is InChI=1S/C20H30N4O3/c1-14(2)11-17(25)16-5-4-9-24(13-16)20(27)15-6-7-19(22-12-15)23(3)10-8-18(21)26/h6-7,12,14,16H,4-5,8-11,13H2,1-3H3,(H2,21,26). The molecule has 0 bridgehead atoms. The molecule has 1 aliphatic heterocycles. The lowest BCUT2D eigenvalue weighted by Crippen LogP contribution is -2.42. The molecule has 7 heteroatoms. The van der Waals surface area contributed by atoms with Crippen LogP contribution in [0.1, 0.15) is 49.9 Å². The first-order chi connectivity index (χ1) is 12.8. The smallest absolute Gasteiger partial charge is 0.255 e. The molecule has 2 rings (SSSR count). The molecule has 1 fully saturated rings. The number of aromatic nitrogens is 1. The van der Waals surface area contributed by atoms with Gasteiger partial charge in [0.05, 0.1) is 5.56 Å². The number of carbonyl (C=O) groups is 3. The van der Waals surface area contributed by atoms with Crippen LogP contribution < -0.4 is 10.6 Å². The number of pyridine rings is 1. The van der Waals surface area contributed by atoms with E-state index in [4.69, 9.17) is 5.73 Å². The second-order valence-corrected chi connectivity index (χ2v) is 7.70. The van der Waals surface area contributed by atoms with Gasteiger partial charge in [0.25, 0.3) is 5.91 Å². The van der Waals surface area contributed by atoms with Crippen LogP contribution in [0.5, 0.6) is 0 Å². The summed E-state index contributed by atoms with van der Waals surface area (Å²) in [6, 6.07) is 3.50. The molecule has 0 saturated carbocycles. The van der Waals surface area contributed by atoms with Gasteiger partial charge in [0.15, 0.2) is 0 Å². The van der Waals surface area contributed by atoms with E-state index in [1.165, 1.54) is 0 Å². The van der Waals surface area contributed by atoms with Gasteiger partial charge in [-0.3, -0.25) is 14.4 Å². The minimum atomic E-state index is -0.361. The molecule has 2 N–H and O–H groups in total. The Labute approximate surface area is 160 Å². The zero-order chi connectivity index (χ0) is 20.0. The van der Waals surface area contributed by atoms with Crippen LogP contribution in [0.15, 0.2) is 18.3 Å². The Hall–Kier alpha value is -2.44. The number of nitrogens with zero attached hydrogens (tertiary/aromatic N) is 3. The van der Waals surface area contributed by atoms with Crippen LogP contribution in [0, 0.1) is 11.8 Å². The van der Waals surface area contributed by atoms with Gasteiger partial charge in [-0.05, 0) is 30.9 Å². The van der Waals surface area contributed by atoms with Crippen LogP contribution >= 0.6 is 0 Å². The summed E-state index contributed by atoms with van der Waals surface area (Å²) in [7, 11) is 1.82.